The van der Waals surface area contributed by atoms with Crippen molar-refractivity contribution < 1.29 is 9.26 Å². The largest absolute Gasteiger partial charge is 0.490 e. The fraction of sp³-hybridized carbons (Fsp3) is 0.474. The molecule has 0 aliphatic heterocycles. The smallest absolute Gasteiger partial charge is 0.191 e. The molecule has 0 aliphatic carbocycles. The first kappa shape index (κ1) is 23.6. The van der Waals surface area contributed by atoms with Crippen LogP contribution in [0.1, 0.15) is 37.8 Å². The van der Waals surface area contributed by atoms with Crippen LogP contribution in [0.4, 0.5) is 0 Å². The highest BCUT2D eigenvalue weighted by atomic mass is 127. The van der Waals surface area contributed by atoms with Gasteiger partial charge in [-0.2, -0.15) is 0 Å². The van der Waals surface area contributed by atoms with Crippen LogP contribution in [0, 0.1) is 0 Å². The van der Waals surface area contributed by atoms with Crippen molar-refractivity contribution in [2.75, 3.05) is 19.7 Å². The van der Waals surface area contributed by atoms with Gasteiger partial charge in [0, 0.05) is 18.5 Å². The zero-order chi connectivity index (χ0) is 18.8. The Morgan fingerprint density at radius 1 is 1.19 bits per heavy atom. The Morgan fingerprint density at radius 2 is 1.96 bits per heavy atom. The highest BCUT2D eigenvalue weighted by Crippen LogP contribution is 2.22. The van der Waals surface area contributed by atoms with Gasteiger partial charge in [-0.3, -0.25) is 0 Å². The summed E-state index contributed by atoms with van der Waals surface area (Å²) in [5.74, 6) is 2.33. The van der Waals surface area contributed by atoms with Gasteiger partial charge in [0.25, 0.3) is 0 Å². The predicted octanol–water partition coefficient (Wildman–Crippen LogP) is 4.20. The summed E-state index contributed by atoms with van der Waals surface area (Å²) in [7, 11) is 0. The molecule has 0 saturated carbocycles. The third-order valence-corrected chi connectivity index (χ3v) is 4.15. The van der Waals surface area contributed by atoms with Crippen molar-refractivity contribution in [1.29, 1.82) is 0 Å². The van der Waals surface area contributed by atoms with Crippen molar-refractivity contribution in [3.8, 4) is 5.75 Å². The van der Waals surface area contributed by atoms with Gasteiger partial charge in [-0.25, -0.2) is 4.99 Å². The summed E-state index contributed by atoms with van der Waals surface area (Å²) in [5.41, 5.74) is 2.06. The summed E-state index contributed by atoms with van der Waals surface area (Å²) < 4.78 is 11.1. The van der Waals surface area contributed by atoms with Gasteiger partial charge in [0.2, 0.25) is 0 Å². The minimum Gasteiger partial charge on any atom is -0.490 e. The normalized spacial score (nSPS) is 11.0. The summed E-state index contributed by atoms with van der Waals surface area (Å²) in [5, 5.41) is 11.2. The van der Waals surface area contributed by atoms with Crippen LogP contribution in [-0.2, 0) is 19.4 Å². The van der Waals surface area contributed by atoms with Gasteiger partial charge in [-0.15, -0.1) is 24.0 Å². The summed E-state index contributed by atoms with van der Waals surface area (Å²) in [6, 6.07) is 7.44. The minimum atomic E-state index is 0. The van der Waals surface area contributed by atoms with Gasteiger partial charge in [0.15, 0.2) is 5.96 Å². The number of nitrogens with one attached hydrogen (secondary N) is 2. The molecule has 1 aromatic carbocycles. The van der Waals surface area contributed by atoms with Crippen LogP contribution in [0.5, 0.6) is 5.75 Å². The predicted molar refractivity (Wildman–Crippen MR) is 120 cm³/mol. The van der Waals surface area contributed by atoms with Crippen LogP contribution in [0.15, 0.2) is 33.8 Å². The Hall–Kier alpha value is -1.48. The molecule has 6 nitrogen and oxygen atoms in total. The second-order valence-electron chi connectivity index (χ2n) is 5.64. The average molecular weight is 507 g/mol. The molecule has 2 N–H and O–H groups in total. The summed E-state index contributed by atoms with van der Waals surface area (Å²) in [4.78, 5) is 4.65. The minimum absolute atomic E-state index is 0. The number of para-hydroxylation sites is 1. The number of hydrogen-bond donors (Lipinski definition) is 2. The van der Waals surface area contributed by atoms with Crippen LogP contribution in [0.3, 0.4) is 0 Å². The van der Waals surface area contributed by atoms with Crippen LogP contribution < -0.4 is 15.4 Å². The molecule has 0 spiro atoms. The number of aliphatic imine (C=N–C) groups is 1. The van der Waals surface area contributed by atoms with E-state index in [-0.39, 0.29) is 24.0 Å². The Balaban J connectivity index is 0.00000364. The van der Waals surface area contributed by atoms with Gasteiger partial charge in [-0.05, 0) is 25.5 Å². The molecule has 1 heterocycles. The number of hydrogen-bond acceptors (Lipinski definition) is 4. The molecule has 0 bridgehead atoms. The van der Waals surface area contributed by atoms with Gasteiger partial charge in [0.05, 0.1) is 23.8 Å². The molecule has 0 atom stereocenters. The van der Waals surface area contributed by atoms with E-state index in [1.807, 2.05) is 31.2 Å². The molecular formula is C19H28ClIN4O2. The molecule has 0 unspecified atom stereocenters. The van der Waals surface area contributed by atoms with Gasteiger partial charge >= 0.3 is 0 Å². The molecule has 1 aromatic heterocycles. The number of ether oxygens (including phenoxy) is 1. The number of aryl methyl sites for hydroxylation is 2. The zero-order valence-electron chi connectivity index (χ0n) is 16.0. The summed E-state index contributed by atoms with van der Waals surface area (Å²) in [6.07, 6.45) is 1.65. The van der Waals surface area contributed by atoms with Crippen molar-refractivity contribution in [2.45, 2.75) is 40.2 Å². The number of benzene rings is 1. The standard InChI is InChI=1S/C19H27ClN4O2.HI/c1-4-16-14(17(5-2)26-24-16)13-23-19(21-6-3)22-11-12-25-18-10-8-7-9-15(18)20;/h7-10H,4-6,11-13H2,1-3H3,(H2,21,22,23);1H. The lowest BCUT2D eigenvalue weighted by Crippen LogP contribution is -2.39. The first-order valence-electron chi connectivity index (χ1n) is 9.05. The third kappa shape index (κ3) is 7.21. The molecule has 0 aliphatic rings. The first-order valence-corrected chi connectivity index (χ1v) is 9.43. The number of aromatic nitrogens is 1. The molecule has 2 rings (SSSR count). The SMILES string of the molecule is CCNC(=NCc1c(CC)noc1CC)NCCOc1ccccc1Cl.I. The van der Waals surface area contributed by atoms with E-state index in [1.165, 1.54) is 0 Å². The number of guanidine groups is 1. The number of rotatable bonds is 9. The highest BCUT2D eigenvalue weighted by molar-refractivity contribution is 14.0. The maximum Gasteiger partial charge on any atom is 0.191 e. The maximum atomic E-state index is 6.08. The zero-order valence-corrected chi connectivity index (χ0v) is 19.1. The fourth-order valence-electron chi connectivity index (χ4n) is 2.51. The molecule has 0 saturated heterocycles. The molecule has 0 amide bonds. The molecular weight excluding hydrogens is 479 g/mol. The van der Waals surface area contributed by atoms with E-state index in [2.05, 4.69) is 34.6 Å². The van der Waals surface area contributed by atoms with E-state index in [0.29, 0.717) is 30.5 Å². The number of halogens is 2. The molecule has 2 aromatic rings. The number of nitrogens with zero attached hydrogens (tertiary/aromatic N) is 2. The lowest BCUT2D eigenvalue weighted by molar-refractivity contribution is 0.322. The maximum absolute atomic E-state index is 6.08. The average Bonchev–Trinajstić information content (AvgIpc) is 3.06. The molecule has 150 valence electrons. The fourth-order valence-corrected chi connectivity index (χ4v) is 2.70. The highest BCUT2D eigenvalue weighted by Gasteiger charge is 2.13. The Morgan fingerprint density at radius 3 is 2.63 bits per heavy atom. The van der Waals surface area contributed by atoms with Crippen LogP contribution >= 0.6 is 35.6 Å². The van der Waals surface area contributed by atoms with E-state index in [1.54, 1.807) is 0 Å². The molecule has 0 fully saturated rings. The van der Waals surface area contributed by atoms with Crippen molar-refractivity contribution >= 4 is 41.5 Å². The summed E-state index contributed by atoms with van der Waals surface area (Å²) >= 11 is 6.08. The van der Waals surface area contributed by atoms with Gasteiger partial charge in [-0.1, -0.05) is 42.7 Å². The first-order chi connectivity index (χ1) is 12.7. The lowest BCUT2D eigenvalue weighted by atomic mass is 10.1. The monoisotopic (exact) mass is 506 g/mol. The Labute approximate surface area is 183 Å². The van der Waals surface area contributed by atoms with Gasteiger partial charge < -0.3 is 19.9 Å². The van der Waals surface area contributed by atoms with Crippen molar-refractivity contribution in [2.24, 2.45) is 4.99 Å². The Kier molecular flexibility index (Phi) is 11.2. The van der Waals surface area contributed by atoms with Crippen molar-refractivity contribution in [1.82, 2.24) is 15.8 Å². The molecule has 27 heavy (non-hydrogen) atoms. The van der Waals surface area contributed by atoms with E-state index in [4.69, 9.17) is 20.9 Å². The van der Waals surface area contributed by atoms with E-state index in [0.717, 1.165) is 42.4 Å². The third-order valence-electron chi connectivity index (χ3n) is 3.84. The second kappa shape index (κ2) is 12.8. The van der Waals surface area contributed by atoms with Crippen molar-refractivity contribution in [3.63, 3.8) is 0 Å². The molecule has 8 heteroatoms. The van der Waals surface area contributed by atoms with Crippen molar-refractivity contribution in [3.05, 3.63) is 46.3 Å². The van der Waals surface area contributed by atoms with E-state index >= 15 is 0 Å². The van der Waals surface area contributed by atoms with Gasteiger partial charge in [0.1, 0.15) is 18.1 Å². The summed E-state index contributed by atoms with van der Waals surface area (Å²) in [6.45, 7) is 8.58. The quantitative estimate of drug-likeness (QED) is 0.231. The second-order valence-corrected chi connectivity index (χ2v) is 6.05. The Bertz CT molecular complexity index is 700. The lowest BCUT2D eigenvalue weighted by Gasteiger charge is -2.12. The van der Waals surface area contributed by atoms with E-state index < -0.39 is 0 Å². The molecule has 0 radical (unpaired) electrons. The van der Waals surface area contributed by atoms with Crippen LogP contribution in [0.25, 0.3) is 0 Å². The van der Waals surface area contributed by atoms with Crippen LogP contribution in [-0.4, -0.2) is 30.8 Å². The topological polar surface area (TPSA) is 71.7 Å². The van der Waals surface area contributed by atoms with E-state index in [9.17, 15) is 0 Å². The van der Waals surface area contributed by atoms with Crippen LogP contribution in [0.2, 0.25) is 5.02 Å².